The van der Waals surface area contributed by atoms with E-state index in [9.17, 15) is 9.59 Å². The molecular weight excluding hydrogens is 298 g/mol. The molecule has 1 aromatic carbocycles. The summed E-state index contributed by atoms with van der Waals surface area (Å²) in [5.41, 5.74) is 8.07. The Morgan fingerprint density at radius 1 is 1.27 bits per heavy atom. The Morgan fingerprint density at radius 2 is 2.00 bits per heavy atom. The summed E-state index contributed by atoms with van der Waals surface area (Å²) in [5.74, 6) is -0.659. The van der Waals surface area contributed by atoms with E-state index in [1.54, 1.807) is 11.4 Å². The Morgan fingerprint density at radius 3 is 2.68 bits per heavy atom. The average molecular weight is 318 g/mol. The topological polar surface area (TPSA) is 76.6 Å². The monoisotopic (exact) mass is 318 g/mol. The summed E-state index contributed by atoms with van der Waals surface area (Å²) in [5, 5.41) is 5.01. The van der Waals surface area contributed by atoms with E-state index in [0.717, 1.165) is 11.4 Å². The van der Waals surface area contributed by atoms with Gasteiger partial charge in [0.15, 0.2) is 6.54 Å². The summed E-state index contributed by atoms with van der Waals surface area (Å²) in [6.07, 6.45) is 0. The van der Waals surface area contributed by atoms with Crippen LogP contribution in [0.15, 0.2) is 35.7 Å². The van der Waals surface area contributed by atoms with Crippen molar-refractivity contribution in [1.29, 1.82) is 0 Å². The Hall–Kier alpha value is -2.18. The van der Waals surface area contributed by atoms with E-state index in [0.29, 0.717) is 17.1 Å². The lowest BCUT2D eigenvalue weighted by atomic mass is 10.1. The fourth-order valence-electron chi connectivity index (χ4n) is 2.24. The Balaban J connectivity index is 1.93. The number of carbonyl (C=O) groups is 2. The zero-order valence-electron chi connectivity index (χ0n) is 12.7. The highest BCUT2D eigenvalue weighted by Gasteiger charge is 2.16. The van der Waals surface area contributed by atoms with Gasteiger partial charge >= 0.3 is 0 Å². The van der Waals surface area contributed by atoms with Crippen LogP contribution in [-0.2, 0) is 11.3 Å². The Bertz CT molecular complexity index is 682. The van der Waals surface area contributed by atoms with Gasteiger partial charge in [0.05, 0.1) is 12.6 Å². The van der Waals surface area contributed by atoms with Gasteiger partial charge in [0.25, 0.3) is 11.8 Å². The molecule has 6 heteroatoms. The number of hydrogen-bond donors (Lipinski definition) is 3. The molecular formula is C16H20N3O2S+. The van der Waals surface area contributed by atoms with Gasteiger partial charge in [-0.2, -0.15) is 0 Å². The van der Waals surface area contributed by atoms with Crippen molar-refractivity contribution in [3.63, 3.8) is 0 Å². The maximum absolute atomic E-state index is 12.1. The van der Waals surface area contributed by atoms with E-state index < -0.39 is 5.91 Å². The molecule has 0 radical (unpaired) electrons. The molecule has 2 aromatic rings. The van der Waals surface area contributed by atoms with Crippen LogP contribution in [0, 0.1) is 6.92 Å². The van der Waals surface area contributed by atoms with Crippen molar-refractivity contribution in [3.8, 4) is 0 Å². The molecule has 0 aliphatic heterocycles. The molecule has 5 nitrogen and oxygen atoms in total. The number of hydrogen-bond acceptors (Lipinski definition) is 3. The number of quaternary nitrogens is 1. The van der Waals surface area contributed by atoms with Gasteiger partial charge in [-0.3, -0.25) is 9.59 Å². The third-order valence-electron chi connectivity index (χ3n) is 3.40. The van der Waals surface area contributed by atoms with Crippen LogP contribution >= 0.6 is 11.3 Å². The number of nitrogens with one attached hydrogen (secondary N) is 2. The fraction of sp³-hybridized carbons (Fsp3) is 0.250. The van der Waals surface area contributed by atoms with Crippen molar-refractivity contribution < 1.29 is 14.5 Å². The molecule has 0 bridgehead atoms. The van der Waals surface area contributed by atoms with E-state index in [2.05, 4.69) is 24.4 Å². The number of primary amides is 1. The van der Waals surface area contributed by atoms with E-state index in [1.165, 1.54) is 22.5 Å². The first-order valence-corrected chi connectivity index (χ1v) is 7.88. The molecule has 0 fully saturated rings. The predicted octanol–water partition coefficient (Wildman–Crippen LogP) is 0.809. The van der Waals surface area contributed by atoms with E-state index in [-0.39, 0.29) is 5.91 Å². The van der Waals surface area contributed by atoms with Crippen molar-refractivity contribution in [2.75, 3.05) is 18.9 Å². The highest BCUT2D eigenvalue weighted by Crippen LogP contribution is 2.22. The van der Waals surface area contributed by atoms with Crippen molar-refractivity contribution in [1.82, 2.24) is 0 Å². The standard InChI is InChI=1S/C16H19N3O2S/c1-11-5-3-4-6-12(11)9-19(2)10-14(20)18-16-13(15(17)21)7-8-22-16/h3-8H,9-10H2,1-2H3,(H2,17,21)(H,18,20)/p+1. The van der Waals surface area contributed by atoms with Crippen LogP contribution in [0.1, 0.15) is 21.5 Å². The number of amides is 2. The zero-order valence-corrected chi connectivity index (χ0v) is 13.5. The maximum atomic E-state index is 12.1. The van der Waals surface area contributed by atoms with Crippen LogP contribution in [0.3, 0.4) is 0 Å². The lowest BCUT2D eigenvalue weighted by Gasteiger charge is -2.15. The Labute approximate surface area is 133 Å². The van der Waals surface area contributed by atoms with Crippen LogP contribution in [0.4, 0.5) is 5.00 Å². The quantitative estimate of drug-likeness (QED) is 0.737. The number of aryl methyl sites for hydroxylation is 1. The molecule has 0 saturated carbocycles. The fourth-order valence-corrected chi connectivity index (χ4v) is 3.05. The van der Waals surface area contributed by atoms with Gasteiger partial charge < -0.3 is 16.0 Å². The number of rotatable bonds is 6. The minimum absolute atomic E-state index is 0.129. The largest absolute Gasteiger partial charge is 0.366 e. The van der Waals surface area contributed by atoms with Crippen molar-refractivity contribution >= 4 is 28.2 Å². The number of likely N-dealkylation sites (N-methyl/N-ethyl adjacent to an activating group) is 1. The molecule has 4 N–H and O–H groups in total. The van der Waals surface area contributed by atoms with Crippen molar-refractivity contribution in [3.05, 3.63) is 52.4 Å². The summed E-state index contributed by atoms with van der Waals surface area (Å²) in [6, 6.07) is 9.75. The minimum atomic E-state index is -0.530. The van der Waals surface area contributed by atoms with Gasteiger partial charge in [-0.1, -0.05) is 24.3 Å². The van der Waals surface area contributed by atoms with Crippen LogP contribution in [0.25, 0.3) is 0 Å². The molecule has 22 heavy (non-hydrogen) atoms. The molecule has 0 aliphatic rings. The first kappa shape index (κ1) is 16.2. The molecule has 0 aliphatic carbocycles. The Kier molecular flexibility index (Phi) is 5.30. The SMILES string of the molecule is Cc1ccccc1C[NH+](C)CC(=O)Nc1sccc1C(N)=O. The van der Waals surface area contributed by atoms with E-state index >= 15 is 0 Å². The minimum Gasteiger partial charge on any atom is -0.366 e. The van der Waals surface area contributed by atoms with Gasteiger partial charge in [-0.15, -0.1) is 11.3 Å². The number of anilines is 1. The van der Waals surface area contributed by atoms with Crippen LogP contribution in [0.5, 0.6) is 0 Å². The summed E-state index contributed by atoms with van der Waals surface area (Å²) in [7, 11) is 1.97. The highest BCUT2D eigenvalue weighted by molar-refractivity contribution is 7.14. The molecule has 2 rings (SSSR count). The number of thiophene rings is 1. The van der Waals surface area contributed by atoms with Gasteiger partial charge in [0, 0.05) is 5.56 Å². The number of nitrogens with two attached hydrogens (primary N) is 1. The van der Waals surface area contributed by atoms with Gasteiger partial charge in [0.1, 0.15) is 11.5 Å². The maximum Gasteiger partial charge on any atom is 0.280 e. The average Bonchev–Trinajstić information content (AvgIpc) is 2.89. The molecule has 0 saturated heterocycles. The molecule has 1 aromatic heterocycles. The van der Waals surface area contributed by atoms with Gasteiger partial charge in [-0.25, -0.2) is 0 Å². The normalized spacial score (nSPS) is 11.9. The van der Waals surface area contributed by atoms with Crippen LogP contribution in [-0.4, -0.2) is 25.4 Å². The summed E-state index contributed by atoms with van der Waals surface area (Å²) in [4.78, 5) is 24.4. The number of benzene rings is 1. The second kappa shape index (κ2) is 7.20. The molecule has 2 amide bonds. The zero-order chi connectivity index (χ0) is 16.1. The van der Waals surface area contributed by atoms with Crippen molar-refractivity contribution in [2.24, 2.45) is 5.73 Å². The predicted molar refractivity (Wildman–Crippen MR) is 88.1 cm³/mol. The van der Waals surface area contributed by atoms with Gasteiger partial charge in [0.2, 0.25) is 0 Å². The number of carbonyl (C=O) groups excluding carboxylic acids is 2. The van der Waals surface area contributed by atoms with E-state index in [4.69, 9.17) is 5.73 Å². The smallest absolute Gasteiger partial charge is 0.280 e. The first-order valence-electron chi connectivity index (χ1n) is 7.00. The molecule has 116 valence electrons. The third-order valence-corrected chi connectivity index (χ3v) is 4.23. The summed E-state index contributed by atoms with van der Waals surface area (Å²) in [6.45, 7) is 3.16. The highest BCUT2D eigenvalue weighted by atomic mass is 32.1. The van der Waals surface area contributed by atoms with Crippen molar-refractivity contribution in [2.45, 2.75) is 13.5 Å². The molecule has 1 atom stereocenters. The molecule has 0 spiro atoms. The van der Waals surface area contributed by atoms with Gasteiger partial charge in [-0.05, 0) is 23.9 Å². The first-order chi connectivity index (χ1) is 10.5. The van der Waals surface area contributed by atoms with Crippen LogP contribution in [0.2, 0.25) is 0 Å². The lowest BCUT2D eigenvalue weighted by Crippen LogP contribution is -3.08. The van der Waals surface area contributed by atoms with E-state index in [1.807, 2.05) is 19.2 Å². The van der Waals surface area contributed by atoms with Crippen LogP contribution < -0.4 is 16.0 Å². The summed E-state index contributed by atoms with van der Waals surface area (Å²) < 4.78 is 0. The third kappa shape index (κ3) is 4.16. The molecule has 1 unspecified atom stereocenters. The summed E-state index contributed by atoms with van der Waals surface area (Å²) >= 11 is 1.30. The lowest BCUT2D eigenvalue weighted by molar-refractivity contribution is -0.885. The second-order valence-corrected chi connectivity index (χ2v) is 6.23. The second-order valence-electron chi connectivity index (χ2n) is 5.31. The molecule has 1 heterocycles.